The fourth-order valence-electron chi connectivity index (χ4n) is 3.87. The van der Waals surface area contributed by atoms with Crippen molar-refractivity contribution in [3.8, 4) is 11.3 Å². The van der Waals surface area contributed by atoms with Crippen molar-refractivity contribution in [2.45, 2.75) is 20.3 Å². The first-order valence-electron chi connectivity index (χ1n) is 11.3. The summed E-state index contributed by atoms with van der Waals surface area (Å²) in [5.74, 6) is -0.216. The molecule has 3 aromatic heterocycles. The number of hydrogen-bond acceptors (Lipinski definition) is 8. The molecule has 1 amide bonds. The van der Waals surface area contributed by atoms with E-state index in [4.69, 9.17) is 0 Å². The van der Waals surface area contributed by atoms with Crippen molar-refractivity contribution in [1.29, 1.82) is 0 Å². The number of hydrogen-bond donors (Lipinski definition) is 3. The molecular weight excluding hydrogens is 435 g/mol. The Hall–Kier alpha value is -3.47. The Kier molecular flexibility index (Phi) is 7.73. The van der Waals surface area contributed by atoms with Gasteiger partial charge in [-0.25, -0.2) is 20.4 Å². The molecule has 0 atom stereocenters. The van der Waals surface area contributed by atoms with Crippen LogP contribution < -0.4 is 21.2 Å². The third-order valence-corrected chi connectivity index (χ3v) is 5.57. The minimum absolute atomic E-state index is 0.170. The molecule has 4 heterocycles. The molecule has 4 rings (SSSR count). The zero-order valence-corrected chi connectivity index (χ0v) is 19.4. The molecule has 0 aromatic carbocycles. The molecule has 3 N–H and O–H groups in total. The Bertz CT molecular complexity index is 1120. The highest BCUT2D eigenvalue weighted by molar-refractivity contribution is 5.91. The van der Waals surface area contributed by atoms with Gasteiger partial charge in [0.1, 0.15) is 5.82 Å². The van der Waals surface area contributed by atoms with Gasteiger partial charge in [0.2, 0.25) is 11.9 Å². The second kappa shape index (κ2) is 11.1. The van der Waals surface area contributed by atoms with Gasteiger partial charge in [0, 0.05) is 56.7 Å². The number of hydrazine groups is 2. The Morgan fingerprint density at radius 2 is 1.88 bits per heavy atom. The molecule has 0 saturated carbocycles. The molecule has 0 unspecified atom stereocenters. The van der Waals surface area contributed by atoms with Gasteiger partial charge in [-0.3, -0.25) is 9.78 Å². The first-order chi connectivity index (χ1) is 16.5. The molecule has 1 fully saturated rings. The molecule has 0 spiro atoms. The van der Waals surface area contributed by atoms with E-state index in [0.29, 0.717) is 17.1 Å². The van der Waals surface area contributed by atoms with E-state index < -0.39 is 5.95 Å². The number of halogens is 1. The maximum absolute atomic E-state index is 13.4. The third kappa shape index (κ3) is 6.10. The quantitative estimate of drug-likeness (QED) is 0.345. The summed E-state index contributed by atoms with van der Waals surface area (Å²) < 4.78 is 13.4. The minimum Gasteiger partial charge on any atom is -0.368 e. The van der Waals surface area contributed by atoms with Crippen molar-refractivity contribution in [3.63, 3.8) is 0 Å². The summed E-state index contributed by atoms with van der Waals surface area (Å²) in [6, 6.07) is 8.74. The van der Waals surface area contributed by atoms with Gasteiger partial charge in [0.05, 0.1) is 24.0 Å². The molecule has 1 aliphatic rings. The van der Waals surface area contributed by atoms with Gasteiger partial charge in [-0.15, -0.1) is 0 Å². The predicted octanol–water partition coefficient (Wildman–Crippen LogP) is 2.32. The van der Waals surface area contributed by atoms with Crippen LogP contribution in [0.4, 0.5) is 15.9 Å². The van der Waals surface area contributed by atoms with Crippen LogP contribution in [0.5, 0.6) is 0 Å². The van der Waals surface area contributed by atoms with Crippen LogP contribution in [0.1, 0.15) is 18.1 Å². The zero-order chi connectivity index (χ0) is 23.9. The van der Waals surface area contributed by atoms with Crippen molar-refractivity contribution in [2.75, 3.05) is 42.9 Å². The number of aryl methyl sites for hydroxylation is 1. The Labute approximate surface area is 198 Å². The van der Waals surface area contributed by atoms with Gasteiger partial charge in [0.25, 0.3) is 0 Å². The molecule has 10 heteroatoms. The fourth-order valence-corrected chi connectivity index (χ4v) is 3.87. The molecule has 3 aromatic rings. The number of piperazine rings is 1. The fraction of sp³-hybridized carbons (Fsp3) is 0.333. The van der Waals surface area contributed by atoms with Crippen LogP contribution in [-0.2, 0) is 11.2 Å². The van der Waals surface area contributed by atoms with Gasteiger partial charge in [0.15, 0.2) is 0 Å². The average molecular weight is 465 g/mol. The molecule has 1 aliphatic heterocycles. The van der Waals surface area contributed by atoms with Crippen molar-refractivity contribution < 1.29 is 9.18 Å². The highest BCUT2D eigenvalue weighted by atomic mass is 19.1. The summed E-state index contributed by atoms with van der Waals surface area (Å²) in [7, 11) is 0. The van der Waals surface area contributed by atoms with Gasteiger partial charge >= 0.3 is 0 Å². The second-order valence-electron chi connectivity index (χ2n) is 8.12. The van der Waals surface area contributed by atoms with Crippen LogP contribution in [0.15, 0.2) is 48.9 Å². The summed E-state index contributed by atoms with van der Waals surface area (Å²) in [5.41, 5.74) is 10.3. The normalized spacial score (nSPS) is 14.3. The highest BCUT2D eigenvalue weighted by Gasteiger charge is 2.17. The number of rotatable bonds is 8. The number of nitrogens with one attached hydrogen (secondary N) is 3. The molecule has 0 aliphatic carbocycles. The number of carbonyl (C=O) groups excluding carboxylic acids is 1. The number of anilines is 2. The van der Waals surface area contributed by atoms with Crippen LogP contribution in [0.25, 0.3) is 11.3 Å². The van der Waals surface area contributed by atoms with Crippen LogP contribution in [-0.4, -0.2) is 58.6 Å². The lowest BCUT2D eigenvalue weighted by Gasteiger charge is -2.35. The first kappa shape index (κ1) is 23.7. The summed E-state index contributed by atoms with van der Waals surface area (Å²) in [4.78, 5) is 27.2. The number of pyridine rings is 3. The molecule has 34 heavy (non-hydrogen) atoms. The number of nitrogens with zero attached hydrogens (tertiary/aromatic N) is 5. The Morgan fingerprint density at radius 3 is 2.56 bits per heavy atom. The van der Waals surface area contributed by atoms with Gasteiger partial charge in [-0.1, -0.05) is 13.0 Å². The molecular formula is C24H29FN8O. The van der Waals surface area contributed by atoms with E-state index in [9.17, 15) is 9.18 Å². The lowest BCUT2D eigenvalue weighted by atomic mass is 10.0. The second-order valence-corrected chi connectivity index (χ2v) is 8.12. The third-order valence-electron chi connectivity index (χ3n) is 5.57. The zero-order valence-electron chi connectivity index (χ0n) is 19.4. The molecule has 9 nitrogen and oxygen atoms in total. The lowest BCUT2D eigenvalue weighted by Crippen LogP contribution is -2.56. The van der Waals surface area contributed by atoms with E-state index in [1.165, 1.54) is 12.3 Å². The van der Waals surface area contributed by atoms with Crippen molar-refractivity contribution in [1.82, 2.24) is 30.9 Å². The van der Waals surface area contributed by atoms with E-state index in [-0.39, 0.29) is 12.3 Å². The van der Waals surface area contributed by atoms with Crippen LogP contribution >= 0.6 is 0 Å². The lowest BCUT2D eigenvalue weighted by molar-refractivity contribution is -0.115. The summed E-state index contributed by atoms with van der Waals surface area (Å²) in [5, 5.41) is 5.00. The monoisotopic (exact) mass is 464 g/mol. The summed E-state index contributed by atoms with van der Waals surface area (Å²) in [6.45, 7) is 8.38. The average Bonchev–Trinajstić information content (AvgIpc) is 2.83. The van der Waals surface area contributed by atoms with Crippen LogP contribution in [0, 0.1) is 12.9 Å². The SMILES string of the molecule is CCNNN1CCN(c2ccc(NC(=O)Cc3cnc(-c4ccnc(F)c4)c(C)c3)nc2)CC1. The van der Waals surface area contributed by atoms with Gasteiger partial charge in [-0.2, -0.15) is 9.93 Å². The predicted molar refractivity (Wildman–Crippen MR) is 129 cm³/mol. The van der Waals surface area contributed by atoms with Crippen molar-refractivity contribution in [2.24, 2.45) is 0 Å². The molecule has 0 bridgehead atoms. The van der Waals surface area contributed by atoms with Crippen molar-refractivity contribution in [3.05, 3.63) is 66.0 Å². The number of carbonyl (C=O) groups is 1. The molecule has 1 saturated heterocycles. The Morgan fingerprint density at radius 1 is 1.06 bits per heavy atom. The number of amides is 1. The van der Waals surface area contributed by atoms with Gasteiger partial charge in [-0.05, 0) is 36.2 Å². The summed E-state index contributed by atoms with van der Waals surface area (Å²) >= 11 is 0. The van der Waals surface area contributed by atoms with E-state index >= 15 is 0 Å². The van der Waals surface area contributed by atoms with Gasteiger partial charge < -0.3 is 10.2 Å². The standard InChI is InChI=1S/C24H29FN8O/c1-3-29-31-33-10-8-32(9-11-33)20-4-5-22(27-16-20)30-23(34)13-18-12-17(2)24(28-15-18)19-6-7-26-21(25)14-19/h4-7,12,14-16,29,31H,3,8-11,13H2,1-2H3,(H,27,30,34). The Balaban J connectivity index is 1.31. The maximum atomic E-state index is 13.4. The largest absolute Gasteiger partial charge is 0.368 e. The molecule has 178 valence electrons. The summed E-state index contributed by atoms with van der Waals surface area (Å²) in [6.07, 6.45) is 5.01. The number of aromatic nitrogens is 3. The smallest absolute Gasteiger partial charge is 0.230 e. The maximum Gasteiger partial charge on any atom is 0.230 e. The van der Waals surface area contributed by atoms with E-state index in [2.05, 4.69) is 48.1 Å². The van der Waals surface area contributed by atoms with Crippen molar-refractivity contribution >= 4 is 17.4 Å². The van der Waals surface area contributed by atoms with Crippen LogP contribution in [0.3, 0.4) is 0 Å². The topological polar surface area (TPSA) is 98.3 Å². The highest BCUT2D eigenvalue weighted by Crippen LogP contribution is 2.22. The molecule has 0 radical (unpaired) electrons. The van der Waals surface area contributed by atoms with E-state index in [0.717, 1.165) is 49.5 Å². The minimum atomic E-state index is -0.552. The van der Waals surface area contributed by atoms with E-state index in [1.54, 1.807) is 18.5 Å². The van der Waals surface area contributed by atoms with E-state index in [1.807, 2.05) is 25.1 Å². The first-order valence-corrected chi connectivity index (χ1v) is 11.3. The van der Waals surface area contributed by atoms with Crippen LogP contribution in [0.2, 0.25) is 0 Å².